The molecule has 0 radical (unpaired) electrons. The summed E-state index contributed by atoms with van der Waals surface area (Å²) in [5, 5.41) is 0.820. The van der Waals surface area contributed by atoms with Crippen molar-refractivity contribution in [1.29, 1.82) is 0 Å². The van der Waals surface area contributed by atoms with Gasteiger partial charge >= 0.3 is 0 Å². The second kappa shape index (κ2) is 5.87. The van der Waals surface area contributed by atoms with Gasteiger partial charge in [0.2, 0.25) is 0 Å². The van der Waals surface area contributed by atoms with E-state index in [0.717, 1.165) is 17.9 Å². The van der Waals surface area contributed by atoms with Crippen molar-refractivity contribution in [3.8, 4) is 0 Å². The number of allylic oxidation sites excluding steroid dienone is 2. The Hall–Kier alpha value is -0.750. The Morgan fingerprint density at radius 1 is 1.36 bits per heavy atom. The maximum atomic E-state index is 5.96. The van der Waals surface area contributed by atoms with E-state index in [-0.39, 0.29) is 0 Å². The van der Waals surface area contributed by atoms with Crippen molar-refractivity contribution in [2.45, 2.75) is 33.1 Å². The highest BCUT2D eigenvalue weighted by atomic mass is 35.5. The Labute approximate surface area is 91.6 Å². The van der Waals surface area contributed by atoms with Gasteiger partial charge in [0, 0.05) is 5.02 Å². The lowest BCUT2D eigenvalue weighted by atomic mass is 10.0. The summed E-state index contributed by atoms with van der Waals surface area (Å²) in [5.41, 5.74) is 2.68. The van der Waals surface area contributed by atoms with Crippen molar-refractivity contribution in [2.75, 3.05) is 0 Å². The molecular weight excluding hydrogens is 192 g/mol. The molecule has 14 heavy (non-hydrogen) atoms. The van der Waals surface area contributed by atoms with E-state index in [2.05, 4.69) is 26.0 Å². The second-order valence-corrected chi connectivity index (χ2v) is 3.83. The van der Waals surface area contributed by atoms with Gasteiger partial charge in [0.05, 0.1) is 0 Å². The summed E-state index contributed by atoms with van der Waals surface area (Å²) in [6.07, 6.45) is 5.68. The third kappa shape index (κ3) is 3.19. The van der Waals surface area contributed by atoms with Crippen LogP contribution in [0, 0.1) is 0 Å². The van der Waals surface area contributed by atoms with E-state index in [0.29, 0.717) is 0 Å². The highest BCUT2D eigenvalue weighted by molar-refractivity contribution is 6.30. The molecule has 0 amide bonds. The average molecular weight is 209 g/mol. The van der Waals surface area contributed by atoms with Crippen LogP contribution in [-0.4, -0.2) is 0 Å². The van der Waals surface area contributed by atoms with Crippen molar-refractivity contribution in [3.05, 3.63) is 40.9 Å². The van der Waals surface area contributed by atoms with Gasteiger partial charge in [-0.05, 0) is 36.1 Å². The minimum atomic E-state index is 0.820. The molecule has 0 bridgehead atoms. The largest absolute Gasteiger partial charge is 0.0843 e. The number of hydrogen-bond acceptors (Lipinski definition) is 0. The lowest BCUT2D eigenvalue weighted by Crippen LogP contribution is -1.84. The van der Waals surface area contributed by atoms with Crippen molar-refractivity contribution >= 4 is 17.2 Å². The summed E-state index contributed by atoms with van der Waals surface area (Å²) in [6.45, 7) is 4.37. The zero-order valence-corrected chi connectivity index (χ0v) is 9.64. The number of hydrogen-bond donors (Lipinski definition) is 0. The summed E-state index contributed by atoms with van der Waals surface area (Å²) in [4.78, 5) is 0. The minimum Gasteiger partial charge on any atom is -0.0843 e. The highest BCUT2D eigenvalue weighted by Crippen LogP contribution is 2.23. The first-order valence-electron chi connectivity index (χ1n) is 5.23. The van der Waals surface area contributed by atoms with E-state index in [9.17, 15) is 0 Å². The summed E-state index contributed by atoms with van der Waals surface area (Å²) < 4.78 is 0. The van der Waals surface area contributed by atoms with E-state index in [1.807, 2.05) is 18.2 Å². The fourth-order valence-electron chi connectivity index (χ4n) is 1.57. The predicted octanol–water partition coefficient (Wildman–Crippen LogP) is 4.93. The zero-order valence-electron chi connectivity index (χ0n) is 8.89. The third-order valence-electron chi connectivity index (χ3n) is 2.17. The van der Waals surface area contributed by atoms with Gasteiger partial charge in [-0.2, -0.15) is 0 Å². The minimum absolute atomic E-state index is 0.820. The van der Waals surface area contributed by atoms with Crippen LogP contribution in [0.25, 0.3) is 5.57 Å². The average Bonchev–Trinajstić information content (AvgIpc) is 2.17. The molecule has 0 heterocycles. The van der Waals surface area contributed by atoms with Gasteiger partial charge in [-0.15, -0.1) is 0 Å². The summed E-state index contributed by atoms with van der Waals surface area (Å²) in [7, 11) is 0. The van der Waals surface area contributed by atoms with Gasteiger partial charge in [-0.1, -0.05) is 50.1 Å². The topological polar surface area (TPSA) is 0 Å². The number of halogens is 1. The van der Waals surface area contributed by atoms with E-state index in [1.54, 1.807) is 0 Å². The Morgan fingerprint density at radius 2 is 2.14 bits per heavy atom. The molecule has 0 fully saturated rings. The molecule has 1 heteroatoms. The predicted molar refractivity (Wildman–Crippen MR) is 64.6 cm³/mol. The molecule has 1 aromatic carbocycles. The Morgan fingerprint density at radius 3 is 2.71 bits per heavy atom. The first kappa shape index (κ1) is 11.3. The summed E-state index contributed by atoms with van der Waals surface area (Å²) >= 11 is 5.96. The zero-order chi connectivity index (χ0) is 10.4. The quantitative estimate of drug-likeness (QED) is 0.658. The second-order valence-electron chi connectivity index (χ2n) is 3.40. The molecule has 0 atom stereocenters. The van der Waals surface area contributed by atoms with E-state index in [4.69, 9.17) is 11.6 Å². The smallest absolute Gasteiger partial charge is 0.0412 e. The molecule has 0 aliphatic rings. The maximum absolute atomic E-state index is 5.96. The van der Waals surface area contributed by atoms with Crippen LogP contribution in [0.1, 0.15) is 38.7 Å². The Bertz CT molecular complexity index is 313. The van der Waals surface area contributed by atoms with Gasteiger partial charge in [0.1, 0.15) is 0 Å². The van der Waals surface area contributed by atoms with Gasteiger partial charge < -0.3 is 0 Å². The molecule has 0 saturated carbocycles. The molecule has 0 unspecified atom stereocenters. The molecule has 76 valence electrons. The van der Waals surface area contributed by atoms with Crippen LogP contribution in [0.15, 0.2) is 30.3 Å². The highest BCUT2D eigenvalue weighted by Gasteiger charge is 2.00. The van der Waals surface area contributed by atoms with E-state index in [1.165, 1.54) is 17.6 Å². The standard InChI is InChI=1S/C13H17Cl/c1-3-6-11(7-4-2)12-8-5-9-13(14)10-12/h5-6,8-10H,3-4,7H2,1-2H3/b11-6+. The van der Waals surface area contributed by atoms with E-state index >= 15 is 0 Å². The molecular formula is C13H17Cl. The first-order chi connectivity index (χ1) is 6.77. The summed E-state index contributed by atoms with van der Waals surface area (Å²) in [6, 6.07) is 8.10. The van der Waals surface area contributed by atoms with Crippen LogP contribution < -0.4 is 0 Å². The molecule has 0 nitrogen and oxygen atoms in total. The van der Waals surface area contributed by atoms with Gasteiger partial charge in [0.25, 0.3) is 0 Å². The lowest BCUT2D eigenvalue weighted by molar-refractivity contribution is 0.967. The Kier molecular flexibility index (Phi) is 4.75. The number of benzene rings is 1. The normalized spacial score (nSPS) is 11.8. The molecule has 0 saturated heterocycles. The fraction of sp³-hybridized carbons (Fsp3) is 0.385. The van der Waals surface area contributed by atoms with Crippen molar-refractivity contribution < 1.29 is 0 Å². The molecule has 0 aliphatic carbocycles. The molecule has 1 rings (SSSR count). The van der Waals surface area contributed by atoms with Crippen LogP contribution in [0.4, 0.5) is 0 Å². The monoisotopic (exact) mass is 208 g/mol. The van der Waals surface area contributed by atoms with Gasteiger partial charge in [-0.3, -0.25) is 0 Å². The number of rotatable bonds is 4. The fourth-order valence-corrected chi connectivity index (χ4v) is 1.76. The van der Waals surface area contributed by atoms with Gasteiger partial charge in [-0.25, -0.2) is 0 Å². The summed E-state index contributed by atoms with van der Waals surface area (Å²) in [5.74, 6) is 0. The molecule has 0 aliphatic heterocycles. The van der Waals surface area contributed by atoms with Crippen LogP contribution in [0.2, 0.25) is 5.02 Å². The molecule has 0 spiro atoms. The lowest BCUT2D eigenvalue weighted by Gasteiger charge is -2.06. The van der Waals surface area contributed by atoms with Crippen LogP contribution in [-0.2, 0) is 0 Å². The van der Waals surface area contributed by atoms with Crippen LogP contribution in [0.3, 0.4) is 0 Å². The molecule has 0 N–H and O–H groups in total. The van der Waals surface area contributed by atoms with Crippen LogP contribution in [0.5, 0.6) is 0 Å². The van der Waals surface area contributed by atoms with E-state index < -0.39 is 0 Å². The molecule has 0 aromatic heterocycles. The van der Waals surface area contributed by atoms with Crippen molar-refractivity contribution in [2.24, 2.45) is 0 Å². The SMILES string of the molecule is CC/C=C(\CCC)c1cccc(Cl)c1. The first-order valence-corrected chi connectivity index (χ1v) is 5.60. The van der Waals surface area contributed by atoms with Crippen LogP contribution >= 0.6 is 11.6 Å². The Balaban J connectivity index is 2.93. The van der Waals surface area contributed by atoms with Crippen molar-refractivity contribution in [1.82, 2.24) is 0 Å². The maximum Gasteiger partial charge on any atom is 0.0412 e. The van der Waals surface area contributed by atoms with Gasteiger partial charge in [0.15, 0.2) is 0 Å². The van der Waals surface area contributed by atoms with Crippen molar-refractivity contribution in [3.63, 3.8) is 0 Å². The third-order valence-corrected chi connectivity index (χ3v) is 2.40. The molecule has 1 aromatic rings.